The summed E-state index contributed by atoms with van der Waals surface area (Å²) in [4.78, 5) is 13.9. The normalized spacial score (nSPS) is 15.2. The molecule has 2 rings (SSSR count). The first-order chi connectivity index (χ1) is 7.68. The van der Waals surface area contributed by atoms with Gasteiger partial charge in [-0.15, -0.1) is 0 Å². The van der Waals surface area contributed by atoms with Crippen molar-refractivity contribution in [2.75, 3.05) is 13.2 Å². The molecule has 0 N–H and O–H groups in total. The van der Waals surface area contributed by atoms with E-state index in [2.05, 4.69) is 4.99 Å². The number of nitrogens with zero attached hydrogens (tertiary/aromatic N) is 2. The van der Waals surface area contributed by atoms with Crippen molar-refractivity contribution in [2.45, 2.75) is 6.42 Å². The molecule has 1 aliphatic rings. The van der Waals surface area contributed by atoms with Crippen LogP contribution in [-0.2, 0) is 4.74 Å². The number of hydrogen-bond acceptors (Lipinski definition) is 4. The maximum absolute atomic E-state index is 13.1. The number of nitro groups is 1. The molecule has 16 heavy (non-hydrogen) atoms. The molecule has 1 aromatic carbocycles. The van der Waals surface area contributed by atoms with Crippen molar-refractivity contribution in [1.82, 2.24) is 0 Å². The van der Waals surface area contributed by atoms with Gasteiger partial charge in [0.25, 0.3) is 0 Å². The van der Waals surface area contributed by atoms with Gasteiger partial charge in [0.1, 0.15) is 0 Å². The summed E-state index contributed by atoms with van der Waals surface area (Å²) in [7, 11) is 0. The van der Waals surface area contributed by atoms with Gasteiger partial charge in [-0.1, -0.05) is 0 Å². The Morgan fingerprint density at radius 2 is 2.31 bits per heavy atom. The second kappa shape index (κ2) is 4.26. The molecule has 0 fully saturated rings. The molecular formula is C10H9FN2O3. The van der Waals surface area contributed by atoms with E-state index in [0.29, 0.717) is 24.6 Å². The van der Waals surface area contributed by atoms with Gasteiger partial charge < -0.3 is 4.74 Å². The summed E-state index contributed by atoms with van der Waals surface area (Å²) in [6.45, 7) is 1.16. The lowest BCUT2D eigenvalue weighted by atomic mass is 10.2. The van der Waals surface area contributed by atoms with Gasteiger partial charge in [-0.25, -0.2) is 0 Å². The minimum Gasteiger partial charge on any atom is -0.477 e. The number of rotatable bonds is 2. The van der Waals surface area contributed by atoms with Crippen molar-refractivity contribution in [1.29, 1.82) is 0 Å². The van der Waals surface area contributed by atoms with Crippen molar-refractivity contribution in [3.8, 4) is 0 Å². The van der Waals surface area contributed by atoms with Crippen molar-refractivity contribution in [3.63, 3.8) is 0 Å². The van der Waals surface area contributed by atoms with Gasteiger partial charge in [-0.2, -0.15) is 4.39 Å². The molecule has 0 bridgehead atoms. The second-order valence-electron chi connectivity index (χ2n) is 3.31. The van der Waals surface area contributed by atoms with Crippen LogP contribution in [0, 0.1) is 15.9 Å². The lowest BCUT2D eigenvalue weighted by Gasteiger charge is -2.13. The molecule has 84 valence electrons. The van der Waals surface area contributed by atoms with E-state index >= 15 is 0 Å². The second-order valence-corrected chi connectivity index (χ2v) is 3.31. The Hall–Kier alpha value is -1.98. The van der Waals surface area contributed by atoms with Gasteiger partial charge in [0.2, 0.25) is 11.7 Å². The van der Waals surface area contributed by atoms with Crippen LogP contribution in [0.3, 0.4) is 0 Å². The smallest absolute Gasteiger partial charge is 0.305 e. The first-order valence-electron chi connectivity index (χ1n) is 4.80. The molecule has 1 heterocycles. The van der Waals surface area contributed by atoms with Crippen LogP contribution in [0.1, 0.15) is 12.0 Å². The van der Waals surface area contributed by atoms with Crippen LogP contribution < -0.4 is 0 Å². The Labute approximate surface area is 90.7 Å². The maximum atomic E-state index is 13.1. The highest BCUT2D eigenvalue weighted by Gasteiger charge is 2.18. The summed E-state index contributed by atoms with van der Waals surface area (Å²) in [5.74, 6) is -0.514. The van der Waals surface area contributed by atoms with E-state index in [9.17, 15) is 14.5 Å². The molecule has 0 amide bonds. The minimum absolute atomic E-state index is 0.342. The fourth-order valence-electron chi connectivity index (χ4n) is 1.42. The lowest BCUT2D eigenvalue weighted by Crippen LogP contribution is -2.15. The van der Waals surface area contributed by atoms with Crippen molar-refractivity contribution < 1.29 is 14.1 Å². The quantitative estimate of drug-likeness (QED) is 0.569. The van der Waals surface area contributed by atoms with Crippen molar-refractivity contribution >= 4 is 11.6 Å². The topological polar surface area (TPSA) is 64.7 Å². The molecule has 1 aromatic rings. The lowest BCUT2D eigenvalue weighted by molar-refractivity contribution is -0.387. The standard InChI is InChI=1S/C10H9FN2O3/c11-8-3-2-7(6-9(8)13(14)15)10-12-4-1-5-16-10/h2-3,6H,1,4-5H2. The van der Waals surface area contributed by atoms with E-state index in [-0.39, 0.29) is 0 Å². The molecule has 0 radical (unpaired) electrons. The van der Waals surface area contributed by atoms with Crippen LogP contribution in [0.15, 0.2) is 23.2 Å². The van der Waals surface area contributed by atoms with Crippen LogP contribution in [0.5, 0.6) is 0 Å². The molecular weight excluding hydrogens is 215 g/mol. The first-order valence-corrected chi connectivity index (χ1v) is 4.80. The SMILES string of the molecule is O=[N+]([O-])c1cc(C2=NCCCO2)ccc1F. The van der Waals surface area contributed by atoms with Gasteiger partial charge in [0.05, 0.1) is 11.5 Å². The van der Waals surface area contributed by atoms with Gasteiger partial charge in [-0.3, -0.25) is 15.1 Å². The average Bonchev–Trinajstić information content (AvgIpc) is 2.30. The zero-order valence-electron chi connectivity index (χ0n) is 8.35. The summed E-state index contributed by atoms with van der Waals surface area (Å²) in [6, 6.07) is 3.61. The Morgan fingerprint density at radius 1 is 1.50 bits per heavy atom. The molecule has 5 nitrogen and oxygen atoms in total. The number of hydrogen-bond donors (Lipinski definition) is 0. The number of nitro benzene ring substituents is 1. The Morgan fingerprint density at radius 3 is 2.94 bits per heavy atom. The Kier molecular flexibility index (Phi) is 2.80. The van der Waals surface area contributed by atoms with Gasteiger partial charge >= 0.3 is 5.69 Å². The monoisotopic (exact) mass is 224 g/mol. The molecule has 0 spiro atoms. The van der Waals surface area contributed by atoms with E-state index in [1.165, 1.54) is 6.07 Å². The molecule has 0 aromatic heterocycles. The first kappa shape index (κ1) is 10.5. The number of benzene rings is 1. The third-order valence-electron chi connectivity index (χ3n) is 2.19. The van der Waals surface area contributed by atoms with Crippen LogP contribution in [-0.4, -0.2) is 24.0 Å². The fraction of sp³-hybridized carbons (Fsp3) is 0.300. The highest BCUT2D eigenvalue weighted by molar-refractivity contribution is 5.95. The molecule has 6 heteroatoms. The predicted octanol–water partition coefficient (Wildman–Crippen LogP) is 1.90. The van der Waals surface area contributed by atoms with Gasteiger partial charge in [-0.05, 0) is 12.1 Å². The van der Waals surface area contributed by atoms with E-state index in [0.717, 1.165) is 18.6 Å². The highest BCUT2D eigenvalue weighted by atomic mass is 19.1. The number of ether oxygens (including phenoxy) is 1. The fourth-order valence-corrected chi connectivity index (χ4v) is 1.42. The summed E-state index contributed by atoms with van der Waals surface area (Å²) >= 11 is 0. The summed E-state index contributed by atoms with van der Waals surface area (Å²) < 4.78 is 18.3. The van der Waals surface area contributed by atoms with E-state index in [1.807, 2.05) is 0 Å². The molecule has 0 saturated carbocycles. The van der Waals surface area contributed by atoms with Crippen LogP contribution in [0.25, 0.3) is 0 Å². The van der Waals surface area contributed by atoms with Gasteiger partial charge in [0, 0.05) is 24.6 Å². The summed E-state index contributed by atoms with van der Waals surface area (Å²) in [6.07, 6.45) is 0.826. The average molecular weight is 224 g/mol. The third-order valence-corrected chi connectivity index (χ3v) is 2.19. The van der Waals surface area contributed by atoms with Crippen LogP contribution in [0.2, 0.25) is 0 Å². The summed E-state index contributed by atoms with van der Waals surface area (Å²) in [5, 5.41) is 10.5. The molecule has 0 unspecified atom stereocenters. The number of halogens is 1. The molecule has 0 atom stereocenters. The van der Waals surface area contributed by atoms with Gasteiger partial charge in [0.15, 0.2) is 0 Å². The van der Waals surface area contributed by atoms with Crippen LogP contribution in [0.4, 0.5) is 10.1 Å². The number of aliphatic imine (C=N–C) groups is 1. The van der Waals surface area contributed by atoms with E-state index < -0.39 is 16.4 Å². The Bertz CT molecular complexity index is 459. The predicted molar refractivity (Wildman–Crippen MR) is 55.0 cm³/mol. The van der Waals surface area contributed by atoms with Crippen LogP contribution >= 0.6 is 0 Å². The van der Waals surface area contributed by atoms with Crippen molar-refractivity contribution in [3.05, 3.63) is 39.7 Å². The Balaban J connectivity index is 2.39. The highest BCUT2D eigenvalue weighted by Crippen LogP contribution is 2.20. The zero-order valence-corrected chi connectivity index (χ0v) is 8.35. The zero-order chi connectivity index (χ0) is 11.5. The maximum Gasteiger partial charge on any atom is 0.305 e. The van der Waals surface area contributed by atoms with E-state index in [4.69, 9.17) is 4.74 Å². The molecule has 0 aliphatic carbocycles. The van der Waals surface area contributed by atoms with E-state index in [1.54, 1.807) is 0 Å². The minimum atomic E-state index is -0.856. The largest absolute Gasteiger partial charge is 0.477 e. The summed E-state index contributed by atoms with van der Waals surface area (Å²) in [5.41, 5.74) is -0.123. The van der Waals surface area contributed by atoms with Crippen molar-refractivity contribution in [2.24, 2.45) is 4.99 Å². The molecule has 0 saturated heterocycles. The third kappa shape index (κ3) is 2.00. The molecule has 1 aliphatic heterocycles.